The first-order valence-electron chi connectivity index (χ1n) is 3.97. The summed E-state index contributed by atoms with van der Waals surface area (Å²) >= 11 is 0. The fraction of sp³-hybridized carbons (Fsp3) is 0. The fourth-order valence-corrected chi connectivity index (χ4v) is 1.09. The largest absolute Gasteiger partial charge is 0.366 e. The topological polar surface area (TPSA) is 80.5 Å². The summed E-state index contributed by atoms with van der Waals surface area (Å²) in [5.41, 5.74) is 6.82. The van der Waals surface area contributed by atoms with Gasteiger partial charge >= 0.3 is 0 Å². The Balaban J connectivity index is 2.39. The van der Waals surface area contributed by atoms with Crippen LogP contribution < -0.4 is 5.73 Å². The molecule has 0 bridgehead atoms. The number of nitrogens with two attached hydrogens (primary N) is 1. The number of anilines is 1. The maximum atomic E-state index is 8.60. The highest BCUT2D eigenvalue weighted by Crippen LogP contribution is 2.07. The summed E-state index contributed by atoms with van der Waals surface area (Å²) in [4.78, 5) is 3.80. The molecule has 0 aliphatic heterocycles. The monoisotopic (exact) mass is 185 g/mol. The molecule has 5 nitrogen and oxygen atoms in total. The third kappa shape index (κ3) is 1.41. The first-order chi connectivity index (χ1) is 6.79. The number of rotatable bonds is 1. The van der Waals surface area contributed by atoms with Crippen molar-refractivity contribution in [2.24, 2.45) is 0 Å². The zero-order chi connectivity index (χ0) is 9.97. The standard InChI is InChI=1S/C9H7N5/c10-5-7-1-3-8(4-2-7)14-6-12-9(11)13-14/h1-4,6H,(H2,11,13). The SMILES string of the molecule is N#Cc1ccc(-n2cnc(N)n2)cc1. The van der Waals surface area contributed by atoms with Gasteiger partial charge in [0.05, 0.1) is 17.3 Å². The predicted octanol–water partition coefficient (Wildman–Crippen LogP) is 0.721. The van der Waals surface area contributed by atoms with Crippen molar-refractivity contribution in [2.45, 2.75) is 0 Å². The number of nitrogens with zero attached hydrogens (tertiary/aromatic N) is 4. The lowest BCUT2D eigenvalue weighted by Crippen LogP contribution is -1.95. The minimum Gasteiger partial charge on any atom is -0.366 e. The van der Waals surface area contributed by atoms with E-state index in [0.29, 0.717) is 5.56 Å². The third-order valence-electron chi connectivity index (χ3n) is 1.77. The average molecular weight is 185 g/mol. The van der Waals surface area contributed by atoms with Gasteiger partial charge in [0.1, 0.15) is 6.33 Å². The smallest absolute Gasteiger partial charge is 0.239 e. The highest BCUT2D eigenvalue weighted by atomic mass is 15.4. The van der Waals surface area contributed by atoms with Crippen LogP contribution in [0.1, 0.15) is 5.56 Å². The van der Waals surface area contributed by atoms with E-state index in [1.54, 1.807) is 28.9 Å². The van der Waals surface area contributed by atoms with Crippen LogP contribution in [0.5, 0.6) is 0 Å². The second kappa shape index (κ2) is 3.18. The second-order valence-electron chi connectivity index (χ2n) is 2.71. The van der Waals surface area contributed by atoms with Crippen molar-refractivity contribution in [2.75, 3.05) is 5.73 Å². The van der Waals surface area contributed by atoms with Gasteiger partial charge in [0, 0.05) is 0 Å². The van der Waals surface area contributed by atoms with Crippen molar-refractivity contribution in [3.63, 3.8) is 0 Å². The molecule has 0 aliphatic carbocycles. The van der Waals surface area contributed by atoms with E-state index in [0.717, 1.165) is 5.69 Å². The molecule has 14 heavy (non-hydrogen) atoms. The molecule has 0 amide bonds. The molecule has 0 saturated carbocycles. The van der Waals surface area contributed by atoms with E-state index in [1.807, 2.05) is 6.07 Å². The molecule has 1 heterocycles. The number of aromatic nitrogens is 3. The molecule has 1 aromatic heterocycles. The Hall–Kier alpha value is -2.35. The maximum absolute atomic E-state index is 8.60. The Morgan fingerprint density at radius 3 is 2.50 bits per heavy atom. The van der Waals surface area contributed by atoms with Crippen LogP contribution in [-0.2, 0) is 0 Å². The zero-order valence-corrected chi connectivity index (χ0v) is 7.25. The van der Waals surface area contributed by atoms with Gasteiger partial charge in [-0.3, -0.25) is 0 Å². The molecule has 0 radical (unpaired) electrons. The molecule has 0 fully saturated rings. The predicted molar refractivity (Wildman–Crippen MR) is 50.5 cm³/mol. The Morgan fingerprint density at radius 2 is 2.00 bits per heavy atom. The Morgan fingerprint density at radius 1 is 1.29 bits per heavy atom. The summed E-state index contributed by atoms with van der Waals surface area (Å²) in [6.07, 6.45) is 1.52. The Kier molecular flexibility index (Phi) is 1.88. The van der Waals surface area contributed by atoms with Crippen molar-refractivity contribution in [1.82, 2.24) is 14.8 Å². The van der Waals surface area contributed by atoms with Gasteiger partial charge < -0.3 is 5.73 Å². The van der Waals surface area contributed by atoms with Gasteiger partial charge in [-0.25, -0.2) is 9.67 Å². The van der Waals surface area contributed by atoms with Crippen molar-refractivity contribution < 1.29 is 0 Å². The summed E-state index contributed by atoms with van der Waals surface area (Å²) in [5, 5.41) is 12.5. The van der Waals surface area contributed by atoms with E-state index in [4.69, 9.17) is 11.0 Å². The maximum Gasteiger partial charge on any atom is 0.239 e. The molecule has 5 heteroatoms. The highest BCUT2D eigenvalue weighted by Gasteiger charge is 1.98. The van der Waals surface area contributed by atoms with Crippen LogP contribution in [0.25, 0.3) is 5.69 Å². The van der Waals surface area contributed by atoms with E-state index in [2.05, 4.69) is 10.1 Å². The van der Waals surface area contributed by atoms with E-state index < -0.39 is 0 Å². The zero-order valence-electron chi connectivity index (χ0n) is 7.25. The number of nitriles is 1. The fourth-order valence-electron chi connectivity index (χ4n) is 1.09. The van der Waals surface area contributed by atoms with Gasteiger partial charge in [-0.15, -0.1) is 5.10 Å². The molecule has 2 N–H and O–H groups in total. The van der Waals surface area contributed by atoms with Crippen LogP contribution in [0.2, 0.25) is 0 Å². The molecule has 1 aromatic carbocycles. The van der Waals surface area contributed by atoms with Gasteiger partial charge in [0.2, 0.25) is 5.95 Å². The number of benzene rings is 1. The van der Waals surface area contributed by atoms with E-state index in [-0.39, 0.29) is 5.95 Å². The lowest BCUT2D eigenvalue weighted by molar-refractivity contribution is 0.883. The normalized spacial score (nSPS) is 9.64. The molecule has 2 aromatic rings. The first kappa shape index (κ1) is 8.26. The number of hydrogen-bond acceptors (Lipinski definition) is 4. The van der Waals surface area contributed by atoms with Crippen molar-refractivity contribution in [3.8, 4) is 11.8 Å². The molecule has 0 unspecified atom stereocenters. The number of nitrogen functional groups attached to an aromatic ring is 1. The van der Waals surface area contributed by atoms with E-state index in [9.17, 15) is 0 Å². The third-order valence-corrected chi connectivity index (χ3v) is 1.77. The summed E-state index contributed by atoms with van der Waals surface area (Å²) in [5.74, 6) is 0.231. The molecule has 0 atom stereocenters. The van der Waals surface area contributed by atoms with Gasteiger partial charge in [0.25, 0.3) is 0 Å². The van der Waals surface area contributed by atoms with Crippen molar-refractivity contribution in [3.05, 3.63) is 36.2 Å². The molecule has 0 aliphatic rings. The van der Waals surface area contributed by atoms with Crippen molar-refractivity contribution in [1.29, 1.82) is 5.26 Å². The molecular weight excluding hydrogens is 178 g/mol. The van der Waals surface area contributed by atoms with Crippen LogP contribution in [-0.4, -0.2) is 14.8 Å². The Labute approximate surface area is 80.4 Å². The number of hydrogen-bond donors (Lipinski definition) is 1. The molecule has 0 saturated heterocycles. The average Bonchev–Trinajstić information content (AvgIpc) is 2.65. The summed E-state index contributed by atoms with van der Waals surface area (Å²) < 4.78 is 1.55. The van der Waals surface area contributed by atoms with Crippen LogP contribution in [0, 0.1) is 11.3 Å². The van der Waals surface area contributed by atoms with Crippen LogP contribution in [0.15, 0.2) is 30.6 Å². The van der Waals surface area contributed by atoms with Gasteiger partial charge in [-0.05, 0) is 24.3 Å². The second-order valence-corrected chi connectivity index (χ2v) is 2.71. The minimum absolute atomic E-state index is 0.231. The van der Waals surface area contributed by atoms with Gasteiger partial charge in [0.15, 0.2) is 0 Å². The minimum atomic E-state index is 0.231. The summed E-state index contributed by atoms with van der Waals surface area (Å²) in [7, 11) is 0. The van der Waals surface area contributed by atoms with Crippen molar-refractivity contribution >= 4 is 5.95 Å². The molecule has 68 valence electrons. The van der Waals surface area contributed by atoms with Gasteiger partial charge in [-0.2, -0.15) is 5.26 Å². The molecule has 0 spiro atoms. The van der Waals surface area contributed by atoms with E-state index >= 15 is 0 Å². The summed E-state index contributed by atoms with van der Waals surface area (Å²) in [6, 6.07) is 9.04. The lowest BCUT2D eigenvalue weighted by Gasteiger charge is -1.98. The molecule has 2 rings (SSSR count). The summed E-state index contributed by atoms with van der Waals surface area (Å²) in [6.45, 7) is 0. The highest BCUT2D eigenvalue weighted by molar-refractivity contribution is 5.38. The Bertz CT molecular complexity index is 477. The van der Waals surface area contributed by atoms with Crippen LogP contribution in [0.3, 0.4) is 0 Å². The van der Waals surface area contributed by atoms with Crippen LogP contribution in [0.4, 0.5) is 5.95 Å². The van der Waals surface area contributed by atoms with E-state index in [1.165, 1.54) is 6.33 Å². The lowest BCUT2D eigenvalue weighted by atomic mass is 10.2. The first-order valence-corrected chi connectivity index (χ1v) is 3.97. The quantitative estimate of drug-likeness (QED) is 0.709. The molecular formula is C9H7N5. The van der Waals surface area contributed by atoms with Crippen LogP contribution >= 0.6 is 0 Å². The van der Waals surface area contributed by atoms with Gasteiger partial charge in [-0.1, -0.05) is 0 Å².